The van der Waals surface area contributed by atoms with Crippen LogP contribution in [0.1, 0.15) is 13.8 Å². The van der Waals surface area contributed by atoms with Crippen LogP contribution < -0.4 is 11.4 Å². The van der Waals surface area contributed by atoms with Gasteiger partial charge < -0.3 is 15.6 Å². The number of hydrogen-bond acceptors (Lipinski definition) is 6. The summed E-state index contributed by atoms with van der Waals surface area (Å²) in [4.78, 5) is 15.9. The number of ether oxygens (including phenoxy) is 1. The highest BCUT2D eigenvalue weighted by Crippen LogP contribution is 2.17. The van der Waals surface area contributed by atoms with E-state index in [0.29, 0.717) is 5.82 Å². The molecule has 0 amide bonds. The third kappa shape index (κ3) is 7.78. The van der Waals surface area contributed by atoms with Crippen LogP contribution in [-0.4, -0.2) is 39.5 Å². The molecule has 6 nitrogen and oxygen atoms in total. The molecule has 1 aliphatic rings. The Kier molecular flexibility index (Phi) is 9.50. The number of thioether (sulfide) groups is 1. The van der Waals surface area contributed by atoms with E-state index >= 15 is 0 Å². The summed E-state index contributed by atoms with van der Waals surface area (Å²) in [5, 5.41) is 8.42. The number of aromatic amines is 1. The Labute approximate surface area is 105 Å². The summed E-state index contributed by atoms with van der Waals surface area (Å²) in [5.41, 5.74) is 4.82. The molecule has 2 heterocycles. The molecular formula is C10H19N3O3S. The van der Waals surface area contributed by atoms with Gasteiger partial charge in [0.05, 0.1) is 13.2 Å². The summed E-state index contributed by atoms with van der Waals surface area (Å²) in [6.07, 6.45) is 1.36. The van der Waals surface area contributed by atoms with Gasteiger partial charge in [0.2, 0.25) is 0 Å². The van der Waals surface area contributed by atoms with E-state index in [2.05, 4.69) is 9.97 Å². The zero-order valence-electron chi connectivity index (χ0n) is 10.0. The van der Waals surface area contributed by atoms with Crippen molar-refractivity contribution in [2.75, 3.05) is 24.7 Å². The molecule has 1 aromatic rings. The van der Waals surface area contributed by atoms with Crippen molar-refractivity contribution in [3.8, 4) is 0 Å². The van der Waals surface area contributed by atoms with E-state index < -0.39 is 5.69 Å². The predicted molar refractivity (Wildman–Crippen MR) is 69.9 cm³/mol. The van der Waals surface area contributed by atoms with Crippen LogP contribution >= 0.6 is 11.8 Å². The van der Waals surface area contributed by atoms with E-state index in [1.807, 2.05) is 13.8 Å². The Morgan fingerprint density at radius 3 is 2.71 bits per heavy atom. The van der Waals surface area contributed by atoms with E-state index in [-0.39, 0.29) is 12.0 Å². The smallest absolute Gasteiger partial charge is 0.346 e. The zero-order chi connectivity index (χ0) is 13.1. The van der Waals surface area contributed by atoms with Crippen molar-refractivity contribution in [3.63, 3.8) is 0 Å². The van der Waals surface area contributed by atoms with Gasteiger partial charge in [-0.1, -0.05) is 13.8 Å². The number of aliphatic hydroxyl groups excluding tert-OH is 1. The molecule has 7 heteroatoms. The SMILES string of the molecule is CC.Nc1ccnc(=O)[nH]1.OCC1OCCS1. The second-order valence-electron chi connectivity index (χ2n) is 2.68. The summed E-state index contributed by atoms with van der Waals surface area (Å²) < 4.78 is 5.02. The molecule has 1 atom stereocenters. The van der Waals surface area contributed by atoms with E-state index in [9.17, 15) is 4.79 Å². The number of aromatic nitrogens is 2. The van der Waals surface area contributed by atoms with E-state index in [1.54, 1.807) is 11.8 Å². The highest BCUT2D eigenvalue weighted by molar-refractivity contribution is 8.00. The molecule has 1 aromatic heterocycles. The number of rotatable bonds is 1. The molecule has 17 heavy (non-hydrogen) atoms. The molecule has 1 saturated heterocycles. The number of anilines is 1. The first-order valence-electron chi connectivity index (χ1n) is 5.37. The Morgan fingerprint density at radius 2 is 2.41 bits per heavy atom. The normalized spacial score (nSPS) is 17.5. The first-order chi connectivity index (χ1) is 8.22. The van der Waals surface area contributed by atoms with E-state index in [4.69, 9.17) is 15.6 Å². The lowest BCUT2D eigenvalue weighted by Crippen LogP contribution is -2.10. The van der Waals surface area contributed by atoms with Crippen molar-refractivity contribution in [1.29, 1.82) is 0 Å². The number of nitrogen functional groups attached to an aromatic ring is 1. The molecule has 0 aliphatic carbocycles. The topological polar surface area (TPSA) is 101 Å². The lowest BCUT2D eigenvalue weighted by molar-refractivity contribution is 0.0918. The summed E-state index contributed by atoms with van der Waals surface area (Å²) in [6.45, 7) is 4.96. The lowest BCUT2D eigenvalue weighted by atomic mass is 10.6. The average Bonchev–Trinajstić information content (AvgIpc) is 2.85. The fourth-order valence-electron chi connectivity index (χ4n) is 0.895. The van der Waals surface area contributed by atoms with Crippen molar-refractivity contribution < 1.29 is 9.84 Å². The molecule has 1 aliphatic heterocycles. The van der Waals surface area contributed by atoms with Crippen LogP contribution in [-0.2, 0) is 4.74 Å². The summed E-state index contributed by atoms with van der Waals surface area (Å²) in [7, 11) is 0. The minimum absolute atomic E-state index is 0.0694. The number of nitrogens with two attached hydrogens (primary N) is 1. The zero-order valence-corrected chi connectivity index (χ0v) is 10.9. The Morgan fingerprint density at radius 1 is 1.71 bits per heavy atom. The first-order valence-corrected chi connectivity index (χ1v) is 6.42. The number of H-pyrrole nitrogens is 1. The van der Waals surface area contributed by atoms with Gasteiger partial charge in [-0.25, -0.2) is 9.78 Å². The van der Waals surface area contributed by atoms with Crippen LogP contribution in [0.25, 0.3) is 0 Å². The minimum Gasteiger partial charge on any atom is -0.393 e. The Bertz CT molecular complexity index is 340. The van der Waals surface area contributed by atoms with Gasteiger partial charge in [-0.05, 0) is 6.07 Å². The predicted octanol–water partition coefficient (Wildman–Crippen LogP) is 0.447. The van der Waals surface area contributed by atoms with Gasteiger partial charge in [-0.2, -0.15) is 0 Å². The van der Waals surface area contributed by atoms with E-state index in [1.165, 1.54) is 12.3 Å². The van der Waals surface area contributed by atoms with Gasteiger partial charge in [0.15, 0.2) is 0 Å². The maximum Gasteiger partial charge on any atom is 0.346 e. The monoisotopic (exact) mass is 261 g/mol. The second kappa shape index (κ2) is 10.1. The summed E-state index contributed by atoms with van der Waals surface area (Å²) in [6, 6.07) is 1.52. The van der Waals surface area contributed by atoms with Crippen molar-refractivity contribution in [3.05, 3.63) is 22.7 Å². The fourth-order valence-corrected chi connectivity index (χ4v) is 1.65. The van der Waals surface area contributed by atoms with Gasteiger partial charge in [0.25, 0.3) is 0 Å². The quantitative estimate of drug-likeness (QED) is 0.678. The molecule has 0 saturated carbocycles. The largest absolute Gasteiger partial charge is 0.393 e. The summed E-state index contributed by atoms with van der Waals surface area (Å²) in [5.74, 6) is 1.37. The maximum absolute atomic E-state index is 10.2. The van der Waals surface area contributed by atoms with Crippen LogP contribution in [0.15, 0.2) is 17.1 Å². The molecule has 0 radical (unpaired) electrons. The molecule has 0 aromatic carbocycles. The molecule has 2 rings (SSSR count). The second-order valence-corrected chi connectivity index (χ2v) is 3.95. The Hall–Kier alpha value is -1.05. The molecule has 1 unspecified atom stereocenters. The van der Waals surface area contributed by atoms with Crippen molar-refractivity contribution in [2.24, 2.45) is 0 Å². The molecule has 0 bridgehead atoms. The van der Waals surface area contributed by atoms with Crippen molar-refractivity contribution in [2.45, 2.75) is 19.3 Å². The highest BCUT2D eigenvalue weighted by atomic mass is 32.2. The van der Waals surface area contributed by atoms with E-state index in [0.717, 1.165) is 12.4 Å². The van der Waals surface area contributed by atoms with Crippen LogP contribution in [0.3, 0.4) is 0 Å². The molecule has 0 spiro atoms. The first kappa shape index (κ1) is 16.0. The number of nitrogens with one attached hydrogen (secondary N) is 1. The third-order valence-corrected chi connectivity index (χ3v) is 2.60. The fraction of sp³-hybridized carbons (Fsp3) is 0.600. The Balaban J connectivity index is 0.000000265. The van der Waals surface area contributed by atoms with Crippen LogP contribution in [0.2, 0.25) is 0 Å². The standard InChI is InChI=1S/C4H5N3O.C4H8O2S.C2H6/c5-3-1-2-6-4(8)7-3;5-3-4-6-1-2-7-4;1-2/h1-2H,(H3,5,6,7,8);4-5H,1-3H2;1-2H3. The molecule has 98 valence electrons. The van der Waals surface area contributed by atoms with Gasteiger partial charge in [-0.15, -0.1) is 11.8 Å². The van der Waals surface area contributed by atoms with Gasteiger partial charge in [0.1, 0.15) is 11.3 Å². The average molecular weight is 261 g/mol. The van der Waals surface area contributed by atoms with Crippen LogP contribution in [0, 0.1) is 0 Å². The number of nitrogens with zero attached hydrogens (tertiary/aromatic N) is 1. The molecular weight excluding hydrogens is 242 g/mol. The minimum atomic E-state index is -0.412. The van der Waals surface area contributed by atoms with Gasteiger partial charge >= 0.3 is 5.69 Å². The lowest BCUT2D eigenvalue weighted by Gasteiger charge is -1.99. The van der Waals surface area contributed by atoms with Crippen molar-refractivity contribution in [1.82, 2.24) is 9.97 Å². The van der Waals surface area contributed by atoms with Gasteiger partial charge in [0, 0.05) is 11.9 Å². The maximum atomic E-state index is 10.2. The molecule has 1 fully saturated rings. The van der Waals surface area contributed by atoms with Crippen LogP contribution in [0.4, 0.5) is 5.82 Å². The summed E-state index contributed by atoms with van der Waals surface area (Å²) >= 11 is 1.67. The number of hydrogen-bond donors (Lipinski definition) is 3. The highest BCUT2D eigenvalue weighted by Gasteiger charge is 2.13. The van der Waals surface area contributed by atoms with Gasteiger partial charge in [-0.3, -0.25) is 4.98 Å². The number of aliphatic hydroxyl groups is 1. The van der Waals surface area contributed by atoms with Crippen LogP contribution in [0.5, 0.6) is 0 Å². The van der Waals surface area contributed by atoms with Crippen molar-refractivity contribution >= 4 is 17.6 Å². The molecule has 4 N–H and O–H groups in total. The third-order valence-electron chi connectivity index (χ3n) is 1.54.